The third-order valence-electron chi connectivity index (χ3n) is 8.65. The summed E-state index contributed by atoms with van der Waals surface area (Å²) in [4.78, 5) is 74.1. The molecule has 0 radical (unpaired) electrons. The van der Waals surface area contributed by atoms with Gasteiger partial charge in [-0.3, -0.25) is 28.9 Å². The molecule has 0 unspecified atom stereocenters. The van der Waals surface area contributed by atoms with Gasteiger partial charge in [0, 0.05) is 52.6 Å². The second-order valence-electron chi connectivity index (χ2n) is 13.6. The number of aliphatic hydroxyl groups excluding tert-OH is 1. The SMILES string of the molecule is C#CCNC(=O)COCc1ncsc1-c1ccc(CNC(=O)[C@@H]2C[C@@H](O)CN2C(=O)[C@@H](NC(=O)CN2CCN(C(C)=O)CC2)C(C)(C)C)cc1. The number of carbonyl (C=O) groups excluding carboxylic acids is 5. The molecule has 1 aromatic heterocycles. The van der Waals surface area contributed by atoms with Gasteiger partial charge in [-0.1, -0.05) is 51.0 Å². The van der Waals surface area contributed by atoms with Crippen molar-refractivity contribution >= 4 is 40.9 Å². The molecule has 50 heavy (non-hydrogen) atoms. The Bertz CT molecular complexity index is 1560. The summed E-state index contributed by atoms with van der Waals surface area (Å²) in [5.41, 5.74) is 3.47. The maximum Gasteiger partial charge on any atom is 0.246 e. The van der Waals surface area contributed by atoms with Gasteiger partial charge in [0.2, 0.25) is 29.5 Å². The van der Waals surface area contributed by atoms with E-state index in [1.165, 1.54) is 23.2 Å². The number of hydrogen-bond acceptors (Lipinski definition) is 10. The first-order chi connectivity index (χ1) is 23.8. The van der Waals surface area contributed by atoms with E-state index in [0.717, 1.165) is 16.0 Å². The number of thiazole rings is 1. The number of aromatic nitrogens is 1. The summed E-state index contributed by atoms with van der Waals surface area (Å²) in [6, 6.07) is 5.76. The molecule has 15 heteroatoms. The predicted octanol–water partition coefficient (Wildman–Crippen LogP) is 0.349. The number of benzene rings is 1. The molecule has 3 heterocycles. The van der Waals surface area contributed by atoms with Crippen molar-refractivity contribution in [3.63, 3.8) is 0 Å². The van der Waals surface area contributed by atoms with Crippen LogP contribution in [0.2, 0.25) is 0 Å². The van der Waals surface area contributed by atoms with Crippen LogP contribution < -0.4 is 16.0 Å². The van der Waals surface area contributed by atoms with Crippen LogP contribution in [0.1, 0.15) is 45.4 Å². The molecule has 14 nitrogen and oxygen atoms in total. The lowest BCUT2D eigenvalue weighted by Gasteiger charge is -2.37. The summed E-state index contributed by atoms with van der Waals surface area (Å²) in [6.07, 6.45) is 4.36. The van der Waals surface area contributed by atoms with Crippen molar-refractivity contribution in [1.29, 1.82) is 0 Å². The Labute approximate surface area is 296 Å². The Kier molecular flexibility index (Phi) is 13.5. The van der Waals surface area contributed by atoms with Crippen LogP contribution in [0.4, 0.5) is 0 Å². The van der Waals surface area contributed by atoms with Crippen molar-refractivity contribution in [2.75, 3.05) is 52.4 Å². The lowest BCUT2D eigenvalue weighted by molar-refractivity contribution is -0.144. The van der Waals surface area contributed by atoms with E-state index in [1.807, 2.05) is 49.9 Å². The fraction of sp³-hybridized carbons (Fsp3) is 0.543. The van der Waals surface area contributed by atoms with Gasteiger partial charge in [-0.05, 0) is 16.5 Å². The van der Waals surface area contributed by atoms with Crippen LogP contribution in [0.15, 0.2) is 29.8 Å². The number of piperazine rings is 1. The average Bonchev–Trinajstić information content (AvgIpc) is 3.71. The van der Waals surface area contributed by atoms with E-state index >= 15 is 0 Å². The first-order valence-electron chi connectivity index (χ1n) is 16.6. The molecular weight excluding hydrogens is 662 g/mol. The molecule has 4 N–H and O–H groups in total. The summed E-state index contributed by atoms with van der Waals surface area (Å²) in [5.74, 6) is 0.893. The van der Waals surface area contributed by atoms with Gasteiger partial charge in [-0.15, -0.1) is 17.8 Å². The third kappa shape index (κ3) is 10.6. The molecule has 0 spiro atoms. The minimum atomic E-state index is -0.922. The summed E-state index contributed by atoms with van der Waals surface area (Å²) >= 11 is 1.45. The van der Waals surface area contributed by atoms with Gasteiger partial charge in [0.05, 0.1) is 41.9 Å². The Morgan fingerprint density at radius 1 is 1.08 bits per heavy atom. The highest BCUT2D eigenvalue weighted by Gasteiger charge is 2.44. The summed E-state index contributed by atoms with van der Waals surface area (Å²) in [5, 5.41) is 18.9. The molecule has 270 valence electrons. The lowest BCUT2D eigenvalue weighted by atomic mass is 9.85. The monoisotopic (exact) mass is 709 g/mol. The molecule has 0 saturated carbocycles. The van der Waals surface area contributed by atoms with Crippen LogP contribution in [0.5, 0.6) is 0 Å². The highest BCUT2D eigenvalue weighted by Crippen LogP contribution is 2.29. The van der Waals surface area contributed by atoms with Gasteiger partial charge in [-0.2, -0.15) is 0 Å². The molecule has 0 aliphatic carbocycles. The van der Waals surface area contributed by atoms with Gasteiger partial charge in [0.1, 0.15) is 18.7 Å². The third-order valence-corrected chi connectivity index (χ3v) is 9.57. The Balaban J connectivity index is 1.32. The number of terminal acetylenes is 1. The Morgan fingerprint density at radius 3 is 2.42 bits per heavy atom. The number of hydrogen-bond donors (Lipinski definition) is 4. The Morgan fingerprint density at radius 2 is 1.78 bits per heavy atom. The van der Waals surface area contributed by atoms with E-state index in [1.54, 1.807) is 10.4 Å². The smallest absolute Gasteiger partial charge is 0.246 e. The summed E-state index contributed by atoms with van der Waals surface area (Å²) in [6.45, 7) is 9.68. The van der Waals surface area contributed by atoms with Crippen LogP contribution in [-0.4, -0.2) is 125 Å². The average molecular weight is 710 g/mol. The lowest BCUT2D eigenvalue weighted by Crippen LogP contribution is -2.59. The van der Waals surface area contributed by atoms with Crippen molar-refractivity contribution in [3.05, 3.63) is 41.0 Å². The fourth-order valence-corrected chi connectivity index (χ4v) is 6.69. The van der Waals surface area contributed by atoms with Crippen molar-refractivity contribution in [3.8, 4) is 22.8 Å². The van der Waals surface area contributed by atoms with Crippen LogP contribution in [0, 0.1) is 17.8 Å². The molecular formula is C35H47N7O7S. The molecule has 2 aromatic rings. The van der Waals surface area contributed by atoms with Gasteiger partial charge >= 0.3 is 0 Å². The normalized spacial score (nSPS) is 18.6. The molecule has 5 amide bonds. The van der Waals surface area contributed by atoms with E-state index in [4.69, 9.17) is 11.2 Å². The van der Waals surface area contributed by atoms with Gasteiger partial charge in [0.15, 0.2) is 0 Å². The van der Waals surface area contributed by atoms with Gasteiger partial charge in [-0.25, -0.2) is 4.98 Å². The van der Waals surface area contributed by atoms with Gasteiger partial charge < -0.3 is 35.6 Å². The highest BCUT2D eigenvalue weighted by atomic mass is 32.1. The van der Waals surface area contributed by atoms with E-state index < -0.39 is 35.4 Å². The first-order valence-corrected chi connectivity index (χ1v) is 17.5. The maximum absolute atomic E-state index is 13.9. The minimum absolute atomic E-state index is 0.00252. The molecule has 4 rings (SSSR count). The molecule has 2 aliphatic rings. The van der Waals surface area contributed by atoms with Crippen molar-refractivity contribution in [2.45, 2.75) is 65.5 Å². The van der Waals surface area contributed by atoms with Crippen molar-refractivity contribution in [2.24, 2.45) is 5.41 Å². The topological polar surface area (TPSA) is 174 Å². The molecule has 2 fully saturated rings. The first kappa shape index (κ1) is 38.4. The largest absolute Gasteiger partial charge is 0.391 e. The van der Waals surface area contributed by atoms with E-state index in [9.17, 15) is 29.1 Å². The number of likely N-dealkylation sites (tertiary alicyclic amines) is 1. The number of β-amino-alcohol motifs (C(OH)–C–C–N with tert-alkyl or cyclic N) is 1. The van der Waals surface area contributed by atoms with Crippen molar-refractivity contribution < 1.29 is 33.8 Å². The summed E-state index contributed by atoms with van der Waals surface area (Å²) in [7, 11) is 0. The van der Waals surface area contributed by atoms with Crippen LogP contribution in [-0.2, 0) is 41.9 Å². The zero-order chi connectivity index (χ0) is 36.4. The van der Waals surface area contributed by atoms with Gasteiger partial charge in [0.25, 0.3) is 0 Å². The maximum atomic E-state index is 13.9. The second-order valence-corrected chi connectivity index (χ2v) is 14.4. The number of aliphatic hydroxyl groups is 1. The molecule has 1 aromatic carbocycles. The van der Waals surface area contributed by atoms with E-state index in [2.05, 4.69) is 26.9 Å². The molecule has 2 saturated heterocycles. The summed E-state index contributed by atoms with van der Waals surface area (Å²) < 4.78 is 5.50. The van der Waals surface area contributed by atoms with E-state index in [-0.39, 0.29) is 63.5 Å². The minimum Gasteiger partial charge on any atom is -0.391 e. The Hall–Kier alpha value is -4.36. The standard InChI is InChI=1S/C35H47N7O7S/c1-6-11-36-30(46)21-49-20-27-31(50-22-38-27)25-9-7-24(8-10-25)17-37-33(47)28-16-26(44)18-42(28)34(48)32(35(3,4)5)39-29(45)19-40-12-14-41(15-13-40)23(2)43/h1,7-10,22,26,28,32,44H,11-21H2,2-5H3,(H,36,46)(H,37,47)(H,39,45)/t26-,28+,32-/m1/s1. The number of carbonyl (C=O) groups is 5. The van der Waals surface area contributed by atoms with Crippen LogP contribution >= 0.6 is 11.3 Å². The number of rotatable bonds is 13. The zero-order valence-electron chi connectivity index (χ0n) is 29.1. The second kappa shape index (κ2) is 17.5. The number of nitrogens with one attached hydrogen (secondary N) is 3. The molecule has 2 aliphatic heterocycles. The highest BCUT2D eigenvalue weighted by molar-refractivity contribution is 7.13. The predicted molar refractivity (Wildman–Crippen MR) is 187 cm³/mol. The zero-order valence-corrected chi connectivity index (χ0v) is 29.9. The van der Waals surface area contributed by atoms with Crippen LogP contribution in [0.3, 0.4) is 0 Å². The number of ether oxygens (including phenoxy) is 1. The van der Waals surface area contributed by atoms with Crippen molar-refractivity contribution in [1.82, 2.24) is 35.6 Å². The van der Waals surface area contributed by atoms with E-state index in [0.29, 0.717) is 31.9 Å². The fourth-order valence-electron chi connectivity index (χ4n) is 5.88. The number of nitrogens with zero attached hydrogens (tertiary/aromatic N) is 4. The van der Waals surface area contributed by atoms with Crippen LogP contribution in [0.25, 0.3) is 10.4 Å². The molecule has 3 atom stereocenters. The quantitative estimate of drug-likeness (QED) is 0.214. The molecule has 0 bridgehead atoms. The number of amides is 5.